The average molecular weight is 1830 g/mol. The van der Waals surface area contributed by atoms with E-state index in [4.69, 9.17) is 38.9 Å². The smallest absolute Gasteiger partial charge is 0.295 e. The van der Waals surface area contributed by atoms with Crippen LogP contribution in [0.4, 0.5) is 0 Å². The van der Waals surface area contributed by atoms with Crippen LogP contribution in [0.25, 0.3) is 138 Å². The van der Waals surface area contributed by atoms with Crippen molar-refractivity contribution < 1.29 is 72.5 Å². The van der Waals surface area contributed by atoms with Crippen molar-refractivity contribution in [2.75, 3.05) is 0 Å². The predicted octanol–water partition coefficient (Wildman–Crippen LogP) is 27.3. The van der Waals surface area contributed by atoms with Gasteiger partial charge in [-0.1, -0.05) is 298 Å². The number of aliphatic hydroxyl groups is 1. The monoisotopic (exact) mass is 1830 g/mol. The van der Waals surface area contributed by atoms with E-state index in [1.807, 2.05) is 136 Å². The first-order valence-corrected chi connectivity index (χ1v) is 42.6. The number of nitrogens with zero attached hydrogens (tertiary/aromatic N) is 7. The molecule has 0 fully saturated rings. The fourth-order valence-corrected chi connectivity index (χ4v) is 19.1. The molecule has 0 spiro atoms. The molecule has 9 nitrogen and oxygen atoms in total. The van der Waals surface area contributed by atoms with E-state index in [1.165, 1.54) is 82.1 Å². The number of hydrogen-bond acceptors (Lipinski definition) is 3. The van der Waals surface area contributed by atoms with Crippen LogP contribution in [0.2, 0.25) is 0 Å². The number of aryl methyl sites for hydroxylation is 2. The fourth-order valence-electron chi connectivity index (χ4n) is 19.1. The Bertz CT molecular complexity index is 8150. The number of carbonyl (C=O) groups excluding carboxylic acids is 1. The van der Waals surface area contributed by atoms with Gasteiger partial charge in [-0.2, -0.15) is 13.2 Å². The van der Waals surface area contributed by atoms with E-state index < -0.39 is 76.5 Å². The normalized spacial score (nSPS) is 17.2. The SMILES string of the molecule is CC(=O)C=C(C)O.[2H]C(C)(C)Cc1cccc(CC([2H])(C)C([2H])([2H])[2H])c1-c1c[n+]2c3c4c(cccc4c4ccccc4n13)C2.[2H]C(C)(C)c1cccc(C([2H])(C([2H])([2H])[2H])C([2H])([2H])[2H])c1-c1c[n+]2c3c4c(cccc4c4ccccc4n13)C2.[2H]C([2H])([2H])C(C)Cc1ccc2ccc(-c3[c-]c(C)cc(C)c3)nc2c1.[2H]C(c1cccc(C([2H])C(C)C([2H])([2H])[2H])c1-c1c[n+]2c3c4c(cccc4c4ccccc4n13)C2)C(C)C.[Ir]. The molecular formula is C114H119IrN7O2+2. The molecule has 0 amide bonds. The van der Waals surface area contributed by atoms with Crippen molar-refractivity contribution in [3.63, 3.8) is 0 Å². The van der Waals surface area contributed by atoms with Crippen LogP contribution in [0.3, 0.4) is 0 Å². The van der Waals surface area contributed by atoms with E-state index in [1.54, 1.807) is 39.8 Å². The zero-order chi connectivity index (χ0) is 104. The number of fused-ring (bicyclic) bond motifs is 10. The second kappa shape index (κ2) is 35.5. The Kier molecular flexibility index (Phi) is 18.1. The summed E-state index contributed by atoms with van der Waals surface area (Å²) in [5, 5.41) is 19.9. The first-order valence-electron chi connectivity index (χ1n) is 53.2. The van der Waals surface area contributed by atoms with Gasteiger partial charge in [0.1, 0.15) is 54.8 Å². The van der Waals surface area contributed by atoms with Crippen molar-refractivity contribution in [1.29, 1.82) is 0 Å². The van der Waals surface area contributed by atoms with Gasteiger partial charge in [0, 0.05) is 121 Å². The van der Waals surface area contributed by atoms with Crippen molar-refractivity contribution in [2.45, 2.75) is 188 Å². The van der Waals surface area contributed by atoms with Crippen LogP contribution in [-0.4, -0.2) is 29.1 Å². The Morgan fingerprint density at radius 3 is 1.35 bits per heavy atom. The molecule has 10 heteroatoms. The Morgan fingerprint density at radius 1 is 0.468 bits per heavy atom. The molecule has 5 atom stereocenters. The molecule has 629 valence electrons. The van der Waals surface area contributed by atoms with Gasteiger partial charge in [0.05, 0.1) is 27.4 Å². The van der Waals surface area contributed by atoms with Crippen LogP contribution >= 0.6 is 0 Å². The number of ketones is 1. The maximum Gasteiger partial charge on any atom is 0.295 e. The Hall–Kier alpha value is -11.7. The third-order valence-electron chi connectivity index (χ3n) is 23.5. The summed E-state index contributed by atoms with van der Waals surface area (Å²) in [5.74, 6) is -7.68. The standard InChI is InChI=1S/2C30H31N2.C28H27N2.C21H22N.C5H8O2.Ir/c2*1-19(2)15-21-9-7-10-22(16-20(3)4)28(21)27-18-31-17-23-11-8-13-25-24-12-5-6-14-26(24)32(27)30(31)29(23)25;1-17(2)20-11-8-12-21(18(3)4)27(20)25-16-29-15-19-9-7-13-23-22-10-5-6-14-24(22)30(25)28(29)26(19)23;1-14(2)9-17-5-6-18-7-8-20(22-21(18)13-17)19-11-15(3)10-16(4)12-19;1-4(6)3-5(2)7;/h2*5-14,18-20H,15-17H2,1-4H3;5-14,16-18H,15H2,1-4H3;5-8,10-11,13-14H,9H2,1-4H3;3,6H,1-2H3;/q3*+1;-1;;/i1D3,19D,20D;1D3,15D,16D;1D3,2D3,17D,18D;1D3;;. The molecule has 0 saturated carbocycles. The van der Waals surface area contributed by atoms with Crippen LogP contribution in [-0.2, 0) is 76.6 Å². The molecule has 3 aliphatic rings. The first-order chi connectivity index (χ1) is 67.5. The van der Waals surface area contributed by atoms with Crippen LogP contribution in [0.5, 0.6) is 0 Å². The minimum absolute atomic E-state index is 0. The van der Waals surface area contributed by atoms with Gasteiger partial charge >= 0.3 is 0 Å². The van der Waals surface area contributed by atoms with Gasteiger partial charge in [0.25, 0.3) is 16.9 Å². The first kappa shape index (κ1) is 63.3. The molecule has 124 heavy (non-hydrogen) atoms. The third kappa shape index (κ3) is 16.4. The number of allylic oxidation sites excluding steroid dienone is 2. The number of hydrogen-bond donors (Lipinski definition) is 1. The molecule has 11 aromatic carbocycles. The number of imidazole rings is 3. The molecule has 0 saturated heterocycles. The summed E-state index contributed by atoms with van der Waals surface area (Å²) in [6.45, 7) is 12.3. The molecular weight excluding hydrogens is 1690 g/mol. The van der Waals surface area contributed by atoms with E-state index >= 15 is 0 Å². The van der Waals surface area contributed by atoms with Gasteiger partial charge in [-0.25, -0.2) is 13.7 Å². The number of benzene rings is 11. The summed E-state index contributed by atoms with van der Waals surface area (Å²) in [5.41, 5.74) is 24.2. The summed E-state index contributed by atoms with van der Waals surface area (Å²) in [6, 6.07) is 78.0. The zero-order valence-electron chi connectivity index (χ0n) is 93.6. The molecule has 10 heterocycles. The van der Waals surface area contributed by atoms with Crippen molar-refractivity contribution in [2.24, 2.45) is 29.5 Å². The number of pyridine rings is 4. The van der Waals surface area contributed by atoms with Crippen LogP contribution in [0.15, 0.2) is 255 Å². The summed E-state index contributed by atoms with van der Waals surface area (Å²) in [4.78, 5) is 14.8. The number of para-hydroxylation sites is 3. The topological polar surface area (TPSA) is 75.1 Å². The molecule has 7 aromatic heterocycles. The third-order valence-corrected chi connectivity index (χ3v) is 23.5. The second-order valence-electron chi connectivity index (χ2n) is 34.5. The van der Waals surface area contributed by atoms with Crippen molar-refractivity contribution in [1.82, 2.24) is 18.2 Å². The number of rotatable bonds is 17. The molecule has 0 bridgehead atoms. The number of aromatic nitrogens is 7. The van der Waals surface area contributed by atoms with Crippen LogP contribution < -0.4 is 13.7 Å². The molecule has 1 N–H and O–H groups in total. The largest absolute Gasteiger partial charge is 0.512 e. The maximum atomic E-state index is 10.0. The molecule has 0 aliphatic carbocycles. The Labute approximate surface area is 775 Å². The number of carbonyl (C=O) groups is 1. The van der Waals surface area contributed by atoms with Crippen molar-refractivity contribution >= 4 is 98.7 Å². The van der Waals surface area contributed by atoms with Gasteiger partial charge < -0.3 is 5.11 Å². The average Bonchev–Trinajstić information content (AvgIpc) is 1.57. The van der Waals surface area contributed by atoms with E-state index in [9.17, 15) is 4.79 Å². The minimum Gasteiger partial charge on any atom is -0.512 e. The van der Waals surface area contributed by atoms with Gasteiger partial charge in [0.2, 0.25) is 0 Å². The molecule has 1 radical (unpaired) electrons. The van der Waals surface area contributed by atoms with E-state index in [0.717, 1.165) is 141 Å². The van der Waals surface area contributed by atoms with Crippen molar-refractivity contribution in [3.8, 4) is 45.0 Å². The van der Waals surface area contributed by atoms with Crippen LogP contribution in [0, 0.1) is 49.5 Å². The molecule has 5 unspecified atom stereocenters. The van der Waals surface area contributed by atoms with Gasteiger partial charge in [-0.15, -0.1) is 34.9 Å². The zero-order valence-corrected chi connectivity index (χ0v) is 75.0. The Balaban J connectivity index is 0.000000136. The molecule has 18 aromatic rings. The van der Waals surface area contributed by atoms with E-state index in [-0.39, 0.29) is 55.5 Å². The van der Waals surface area contributed by atoms with Gasteiger partial charge in [0.15, 0.2) is 22.9 Å². The molecule has 3 aliphatic heterocycles. The second-order valence-corrected chi connectivity index (χ2v) is 34.5. The van der Waals surface area contributed by atoms with Crippen molar-refractivity contribution in [3.05, 3.63) is 328 Å². The van der Waals surface area contributed by atoms with Gasteiger partial charge in [-0.05, 0) is 162 Å². The van der Waals surface area contributed by atoms with Crippen LogP contribution in [0.1, 0.15) is 218 Å². The fraction of sp³-hybridized carbons (Fsp3) is 0.289. The summed E-state index contributed by atoms with van der Waals surface area (Å²) in [7, 11) is 0. The summed E-state index contributed by atoms with van der Waals surface area (Å²) >= 11 is 0. The maximum absolute atomic E-state index is 10.0. The minimum atomic E-state index is -3.15. The summed E-state index contributed by atoms with van der Waals surface area (Å²) in [6.07, 6.45) is 7.07. The Morgan fingerprint density at radius 2 is 0.903 bits per heavy atom. The number of aliphatic hydroxyl groups excluding tert-OH is 1. The predicted molar refractivity (Wildman–Crippen MR) is 515 cm³/mol. The van der Waals surface area contributed by atoms with E-state index in [2.05, 4.69) is 163 Å². The van der Waals surface area contributed by atoms with Gasteiger partial charge in [-0.3, -0.25) is 9.78 Å². The summed E-state index contributed by atoms with van der Waals surface area (Å²) < 4.78 is 187. The van der Waals surface area contributed by atoms with E-state index in [0.29, 0.717) is 41.8 Å². The quantitative estimate of drug-likeness (QED) is 0.0324. The molecule has 21 rings (SSSR count).